The number of amides is 3. The Morgan fingerprint density at radius 3 is 2.61 bits per heavy atom. The number of hydrogen-bond acceptors (Lipinski definition) is 5. The number of alkyl halides is 3. The molecular weight excluding hydrogens is 582 g/mol. The maximum atomic E-state index is 13.4. The van der Waals surface area contributed by atoms with E-state index in [1.165, 1.54) is 6.20 Å². The van der Waals surface area contributed by atoms with Gasteiger partial charge in [0.25, 0.3) is 5.91 Å². The maximum absolute atomic E-state index is 13.4. The van der Waals surface area contributed by atoms with Gasteiger partial charge in [0.15, 0.2) is 0 Å². The summed E-state index contributed by atoms with van der Waals surface area (Å²) in [6.45, 7) is -1.73. The number of carbonyl (C=O) groups is 3. The summed E-state index contributed by atoms with van der Waals surface area (Å²) < 4.78 is 40.1. The van der Waals surface area contributed by atoms with Gasteiger partial charge in [0.1, 0.15) is 18.4 Å². The number of anilines is 1. The second kappa shape index (κ2) is 9.99. The summed E-state index contributed by atoms with van der Waals surface area (Å²) in [5, 5.41) is 5.94. The molecule has 212 valence electrons. The van der Waals surface area contributed by atoms with E-state index in [0.29, 0.717) is 40.4 Å². The van der Waals surface area contributed by atoms with Crippen LogP contribution in [0.3, 0.4) is 0 Å². The molecule has 2 N–H and O–H groups in total. The van der Waals surface area contributed by atoms with Gasteiger partial charge >= 0.3 is 6.18 Å². The average Bonchev–Trinajstić information content (AvgIpc) is 3.42. The van der Waals surface area contributed by atoms with Crippen molar-refractivity contribution < 1.29 is 27.6 Å². The second-order valence-electron chi connectivity index (χ2n) is 10.5. The highest BCUT2D eigenvalue weighted by Gasteiger charge is 2.52. The molecule has 0 saturated carbocycles. The number of benzene rings is 1. The van der Waals surface area contributed by atoms with Crippen LogP contribution in [0.15, 0.2) is 48.8 Å². The van der Waals surface area contributed by atoms with Gasteiger partial charge in [-0.3, -0.25) is 19.4 Å². The van der Waals surface area contributed by atoms with Crippen LogP contribution in [0.25, 0.3) is 0 Å². The third kappa shape index (κ3) is 4.91. The smallest absolute Gasteiger partial charge is 0.340 e. The standard InChI is InChI=1S/C28H22Cl2F3N5O3/c29-18-4-1-5-19(30)22(18)16-8-20(25(40)38(12-16)13-28(31,32)33)36-24(39)15-7-14-9-27(10-21(14)35-11-15)17-3-2-6-34-23(17)37-26(27)41/h1-7,11,16,20H,8-10,12-13H2,(H,36,39)(H,34,37,41)/t16-,20+,27?/m1/s1. The molecule has 1 spiro atoms. The molecule has 8 nitrogen and oxygen atoms in total. The van der Waals surface area contributed by atoms with Crippen LogP contribution in [0.2, 0.25) is 10.0 Å². The number of rotatable bonds is 4. The van der Waals surface area contributed by atoms with E-state index in [-0.39, 0.29) is 34.5 Å². The third-order valence-corrected chi connectivity index (χ3v) is 8.59. The van der Waals surface area contributed by atoms with Crippen molar-refractivity contribution in [3.05, 3.63) is 86.8 Å². The van der Waals surface area contributed by atoms with Gasteiger partial charge in [-0.1, -0.05) is 35.3 Å². The predicted molar refractivity (Wildman–Crippen MR) is 144 cm³/mol. The number of aromatic nitrogens is 2. The number of halogens is 5. The normalized spacial score (nSPS) is 23.4. The van der Waals surface area contributed by atoms with Crippen LogP contribution in [0.5, 0.6) is 0 Å². The van der Waals surface area contributed by atoms with Crippen molar-refractivity contribution in [2.75, 3.05) is 18.4 Å². The highest BCUT2D eigenvalue weighted by atomic mass is 35.5. The fraction of sp³-hybridized carbons (Fsp3) is 0.321. The first-order valence-electron chi connectivity index (χ1n) is 12.8. The van der Waals surface area contributed by atoms with Crippen molar-refractivity contribution >= 4 is 46.7 Å². The molecule has 2 aromatic heterocycles. The lowest BCUT2D eigenvalue weighted by molar-refractivity contribution is -0.165. The van der Waals surface area contributed by atoms with Crippen molar-refractivity contribution in [3.8, 4) is 0 Å². The van der Waals surface area contributed by atoms with Crippen LogP contribution in [-0.2, 0) is 27.8 Å². The van der Waals surface area contributed by atoms with Gasteiger partial charge in [-0.25, -0.2) is 4.98 Å². The molecule has 1 unspecified atom stereocenters. The minimum absolute atomic E-state index is 0.00776. The van der Waals surface area contributed by atoms with Gasteiger partial charge < -0.3 is 15.5 Å². The van der Waals surface area contributed by atoms with Gasteiger partial charge in [-0.05, 0) is 48.2 Å². The van der Waals surface area contributed by atoms with Crippen molar-refractivity contribution in [1.29, 1.82) is 0 Å². The topological polar surface area (TPSA) is 104 Å². The highest BCUT2D eigenvalue weighted by molar-refractivity contribution is 6.36. The molecule has 3 amide bonds. The van der Waals surface area contributed by atoms with E-state index in [0.717, 1.165) is 5.56 Å². The zero-order valence-corrected chi connectivity index (χ0v) is 22.8. The number of pyridine rings is 2. The number of fused-ring (bicyclic) bond motifs is 3. The van der Waals surface area contributed by atoms with E-state index < -0.39 is 41.9 Å². The first-order valence-corrected chi connectivity index (χ1v) is 13.6. The number of piperidine rings is 1. The molecule has 41 heavy (non-hydrogen) atoms. The Kier molecular flexibility index (Phi) is 6.69. The molecule has 3 aromatic rings. The van der Waals surface area contributed by atoms with Crippen molar-refractivity contribution in [1.82, 2.24) is 20.2 Å². The Morgan fingerprint density at radius 2 is 1.88 bits per heavy atom. The largest absolute Gasteiger partial charge is 0.406 e. The molecule has 6 rings (SSSR count). The van der Waals surface area contributed by atoms with Crippen molar-refractivity contribution in [2.24, 2.45) is 0 Å². The van der Waals surface area contributed by atoms with E-state index in [4.69, 9.17) is 23.2 Å². The Bertz CT molecular complexity index is 1580. The number of hydrogen-bond donors (Lipinski definition) is 2. The summed E-state index contributed by atoms with van der Waals surface area (Å²) in [7, 11) is 0. The van der Waals surface area contributed by atoms with Crippen LogP contribution in [0.1, 0.15) is 45.1 Å². The molecule has 4 heterocycles. The van der Waals surface area contributed by atoms with Gasteiger partial charge in [-0.2, -0.15) is 13.2 Å². The van der Waals surface area contributed by atoms with Gasteiger partial charge in [0.2, 0.25) is 11.8 Å². The van der Waals surface area contributed by atoms with E-state index in [9.17, 15) is 27.6 Å². The fourth-order valence-electron chi connectivity index (χ4n) is 6.11. The molecule has 1 aliphatic carbocycles. The molecule has 1 saturated heterocycles. The minimum atomic E-state index is -4.64. The van der Waals surface area contributed by atoms with Crippen LogP contribution in [0, 0.1) is 0 Å². The summed E-state index contributed by atoms with van der Waals surface area (Å²) in [6.07, 6.45) is -1.07. The summed E-state index contributed by atoms with van der Waals surface area (Å²) in [6, 6.07) is 8.70. The summed E-state index contributed by atoms with van der Waals surface area (Å²) in [4.78, 5) is 48.7. The Hall–Kier alpha value is -3.70. The lowest BCUT2D eigenvalue weighted by Crippen LogP contribution is -2.56. The fourth-order valence-corrected chi connectivity index (χ4v) is 6.81. The van der Waals surface area contributed by atoms with Gasteiger partial charge in [0, 0.05) is 52.6 Å². The first-order chi connectivity index (χ1) is 19.4. The van der Waals surface area contributed by atoms with Crippen molar-refractivity contribution in [2.45, 2.75) is 42.8 Å². The van der Waals surface area contributed by atoms with Gasteiger partial charge in [-0.15, -0.1) is 0 Å². The van der Waals surface area contributed by atoms with E-state index in [2.05, 4.69) is 20.6 Å². The summed E-state index contributed by atoms with van der Waals surface area (Å²) >= 11 is 12.7. The van der Waals surface area contributed by atoms with Crippen molar-refractivity contribution in [3.63, 3.8) is 0 Å². The minimum Gasteiger partial charge on any atom is -0.340 e. The predicted octanol–water partition coefficient (Wildman–Crippen LogP) is 4.45. The number of carbonyl (C=O) groups excluding carboxylic acids is 3. The molecule has 1 aromatic carbocycles. The number of nitrogens with one attached hydrogen (secondary N) is 2. The van der Waals surface area contributed by atoms with Crippen LogP contribution in [-0.4, -0.2) is 57.9 Å². The molecule has 1 fully saturated rings. The van der Waals surface area contributed by atoms with Crippen LogP contribution >= 0.6 is 23.2 Å². The molecule has 0 bridgehead atoms. The van der Waals surface area contributed by atoms with Crippen LogP contribution in [0.4, 0.5) is 19.0 Å². The molecule has 0 radical (unpaired) electrons. The Balaban J connectivity index is 1.25. The number of nitrogens with zero attached hydrogens (tertiary/aromatic N) is 3. The Morgan fingerprint density at radius 1 is 1.12 bits per heavy atom. The molecular formula is C28H22Cl2F3N5O3. The second-order valence-corrected chi connectivity index (χ2v) is 11.4. The average molecular weight is 604 g/mol. The van der Waals surface area contributed by atoms with E-state index in [1.807, 2.05) is 6.07 Å². The summed E-state index contributed by atoms with van der Waals surface area (Å²) in [5.74, 6) is -1.87. The molecule has 3 aliphatic rings. The zero-order chi connectivity index (χ0) is 29.1. The highest BCUT2D eigenvalue weighted by Crippen LogP contribution is 2.46. The zero-order valence-electron chi connectivity index (χ0n) is 21.3. The molecule has 2 aliphatic heterocycles. The summed E-state index contributed by atoms with van der Waals surface area (Å²) in [5.41, 5.74) is 1.77. The Labute approximate surface area is 242 Å². The maximum Gasteiger partial charge on any atom is 0.406 e. The van der Waals surface area contributed by atoms with E-state index in [1.54, 1.807) is 36.5 Å². The molecule has 13 heteroatoms. The third-order valence-electron chi connectivity index (χ3n) is 7.93. The lowest BCUT2D eigenvalue weighted by atomic mass is 9.80. The van der Waals surface area contributed by atoms with Gasteiger partial charge in [0.05, 0.1) is 11.0 Å². The number of likely N-dealkylation sites (tertiary alicyclic amines) is 1. The molecule has 3 atom stereocenters. The monoisotopic (exact) mass is 603 g/mol. The van der Waals surface area contributed by atoms with E-state index >= 15 is 0 Å². The first kappa shape index (κ1) is 27.5. The SMILES string of the molecule is O=C(N[C@H]1C[C@@H](c2c(Cl)cccc2Cl)CN(CC(F)(F)F)C1=O)c1cnc2c(c1)CC1(C2)C(=O)Nc2ncccc21. The quantitative estimate of drug-likeness (QED) is 0.458. The van der Waals surface area contributed by atoms with Crippen LogP contribution < -0.4 is 10.6 Å². The lowest BCUT2D eigenvalue weighted by Gasteiger charge is -2.38.